The van der Waals surface area contributed by atoms with Crippen LogP contribution in [0.3, 0.4) is 0 Å². The normalized spacial score (nSPS) is 6.80. The lowest BCUT2D eigenvalue weighted by molar-refractivity contribution is -0.191. The molecule has 0 unspecified atom stereocenters. The molecule has 0 aromatic carbocycles. The van der Waals surface area contributed by atoms with Crippen LogP contribution in [0.2, 0.25) is 0 Å². The van der Waals surface area contributed by atoms with Crippen molar-refractivity contribution in [3.63, 3.8) is 0 Å². The molecule has 0 spiro atoms. The second-order valence-corrected chi connectivity index (χ2v) is 0.984. The van der Waals surface area contributed by atoms with E-state index in [1.807, 2.05) is 0 Å². The number of thiol groups is 1. The molecule has 0 aliphatic rings. The van der Waals surface area contributed by atoms with Crippen LogP contribution >= 0.6 is 12.6 Å². The van der Waals surface area contributed by atoms with Crippen LogP contribution in [0.4, 0.5) is 0 Å². The Morgan fingerprint density at radius 1 is 2.00 bits per heavy atom. The van der Waals surface area contributed by atoms with E-state index in [2.05, 4.69) is 24.1 Å². The summed E-state index contributed by atoms with van der Waals surface area (Å²) in [4.78, 5) is 3.42. The summed E-state index contributed by atoms with van der Waals surface area (Å²) in [7, 11) is 0. The van der Waals surface area contributed by atoms with E-state index in [0.29, 0.717) is 0 Å². The molecule has 0 atom stereocenters. The first kappa shape index (κ1) is 4.85. The van der Waals surface area contributed by atoms with E-state index >= 15 is 0 Å². The van der Waals surface area contributed by atoms with Crippen molar-refractivity contribution >= 4 is 12.6 Å². The van der Waals surface area contributed by atoms with E-state index in [1.54, 1.807) is 0 Å². The Balaban J connectivity index is 2.85. The zero-order chi connectivity index (χ0) is 4.28. The van der Waals surface area contributed by atoms with Crippen molar-refractivity contribution in [2.75, 3.05) is 0 Å². The lowest BCUT2D eigenvalue weighted by Crippen LogP contribution is -1.68. The van der Waals surface area contributed by atoms with Gasteiger partial charge in [-0.15, -0.1) is 12.6 Å². The molecule has 3 heteroatoms. The SMILES string of the molecule is C=C(S)OO. The maximum absolute atomic E-state index is 7.47. The molecular formula is C2H4O2S. The Morgan fingerprint density at radius 3 is 2.20 bits per heavy atom. The van der Waals surface area contributed by atoms with Gasteiger partial charge in [-0.1, -0.05) is 0 Å². The van der Waals surface area contributed by atoms with E-state index in [9.17, 15) is 0 Å². The average molecular weight is 92.1 g/mol. The summed E-state index contributed by atoms with van der Waals surface area (Å²) >= 11 is 3.43. The minimum Gasteiger partial charge on any atom is -0.334 e. The van der Waals surface area contributed by atoms with Crippen molar-refractivity contribution in [1.82, 2.24) is 0 Å². The molecule has 0 heterocycles. The highest BCUT2D eigenvalue weighted by atomic mass is 32.1. The zero-order valence-corrected chi connectivity index (χ0v) is 3.40. The van der Waals surface area contributed by atoms with E-state index in [0.717, 1.165) is 0 Å². The first-order valence-corrected chi connectivity index (χ1v) is 1.41. The van der Waals surface area contributed by atoms with Gasteiger partial charge in [-0.3, -0.25) is 0 Å². The Bertz CT molecular complexity index is 42.9. The van der Waals surface area contributed by atoms with Gasteiger partial charge in [0.15, 0.2) is 5.09 Å². The van der Waals surface area contributed by atoms with Crippen LogP contribution in [-0.2, 0) is 4.89 Å². The van der Waals surface area contributed by atoms with Crippen molar-refractivity contribution in [2.24, 2.45) is 0 Å². The predicted molar refractivity (Wildman–Crippen MR) is 21.8 cm³/mol. The van der Waals surface area contributed by atoms with Gasteiger partial charge in [-0.05, 0) is 6.58 Å². The summed E-state index contributed by atoms with van der Waals surface area (Å²) in [5.41, 5.74) is 0. The highest BCUT2D eigenvalue weighted by Gasteiger charge is 1.70. The first-order valence-electron chi connectivity index (χ1n) is 0.964. The molecule has 0 radical (unpaired) electrons. The molecule has 0 saturated carbocycles. The van der Waals surface area contributed by atoms with Crippen LogP contribution in [0.1, 0.15) is 0 Å². The van der Waals surface area contributed by atoms with Crippen molar-refractivity contribution < 1.29 is 10.1 Å². The van der Waals surface area contributed by atoms with Crippen LogP contribution in [0, 0.1) is 0 Å². The minimum absolute atomic E-state index is 0.00463. The van der Waals surface area contributed by atoms with Crippen molar-refractivity contribution in [3.05, 3.63) is 11.7 Å². The largest absolute Gasteiger partial charge is 0.334 e. The van der Waals surface area contributed by atoms with E-state index in [1.165, 1.54) is 0 Å². The van der Waals surface area contributed by atoms with Gasteiger partial charge < -0.3 is 4.89 Å². The van der Waals surface area contributed by atoms with Gasteiger partial charge >= 0.3 is 0 Å². The standard InChI is InChI=1S/C2H4O2S/c1-2(5)4-3/h3,5H,1H2. The molecular weight excluding hydrogens is 88.1 g/mol. The molecule has 0 saturated heterocycles. The van der Waals surface area contributed by atoms with Gasteiger partial charge in [-0.2, -0.15) is 0 Å². The first-order chi connectivity index (χ1) is 2.27. The maximum Gasteiger partial charge on any atom is 0.188 e. The Morgan fingerprint density at radius 2 is 2.20 bits per heavy atom. The molecule has 0 aliphatic carbocycles. The van der Waals surface area contributed by atoms with Crippen LogP contribution in [-0.4, -0.2) is 5.26 Å². The number of rotatable bonds is 1. The molecule has 1 N–H and O–H groups in total. The Labute approximate surface area is 35.4 Å². The zero-order valence-electron chi connectivity index (χ0n) is 2.51. The molecule has 0 rings (SSSR count). The molecule has 0 amide bonds. The van der Waals surface area contributed by atoms with E-state index in [-0.39, 0.29) is 5.09 Å². The quantitative estimate of drug-likeness (QED) is 0.217. The second-order valence-electron chi connectivity index (χ2n) is 0.485. The molecule has 2 nitrogen and oxygen atoms in total. The summed E-state index contributed by atoms with van der Waals surface area (Å²) in [5, 5.41) is 7.47. The summed E-state index contributed by atoms with van der Waals surface area (Å²) in [6.45, 7) is 3.07. The van der Waals surface area contributed by atoms with Gasteiger partial charge in [-0.25, -0.2) is 5.26 Å². The average Bonchev–Trinajstić information content (AvgIpc) is 1.38. The van der Waals surface area contributed by atoms with Gasteiger partial charge in [0.2, 0.25) is 0 Å². The fourth-order valence-corrected chi connectivity index (χ4v) is 0. The third-order valence-electron chi connectivity index (χ3n) is 0.105. The maximum atomic E-state index is 7.47. The van der Waals surface area contributed by atoms with Crippen LogP contribution < -0.4 is 0 Å². The van der Waals surface area contributed by atoms with E-state index < -0.39 is 0 Å². The molecule has 0 bridgehead atoms. The van der Waals surface area contributed by atoms with Crippen molar-refractivity contribution in [3.8, 4) is 0 Å². The Hall–Kier alpha value is -0.150. The van der Waals surface area contributed by atoms with Crippen LogP contribution in [0.15, 0.2) is 11.7 Å². The molecule has 0 fully saturated rings. The summed E-state index contributed by atoms with van der Waals surface area (Å²) in [6.07, 6.45) is 0. The highest BCUT2D eigenvalue weighted by Crippen LogP contribution is 1.90. The molecule has 0 aromatic heterocycles. The van der Waals surface area contributed by atoms with Crippen molar-refractivity contribution in [1.29, 1.82) is 0 Å². The van der Waals surface area contributed by atoms with E-state index in [4.69, 9.17) is 5.26 Å². The molecule has 30 valence electrons. The van der Waals surface area contributed by atoms with Crippen LogP contribution in [0.5, 0.6) is 0 Å². The number of hydrogen-bond acceptors (Lipinski definition) is 3. The lowest BCUT2D eigenvalue weighted by Gasteiger charge is -1.82. The van der Waals surface area contributed by atoms with Gasteiger partial charge in [0, 0.05) is 0 Å². The smallest absolute Gasteiger partial charge is 0.188 e. The third kappa shape index (κ3) is 3.85. The fraction of sp³-hybridized carbons (Fsp3) is 0. The number of hydrogen-bond donors (Lipinski definition) is 2. The lowest BCUT2D eigenvalue weighted by atomic mass is 11.2. The van der Waals surface area contributed by atoms with Crippen molar-refractivity contribution in [2.45, 2.75) is 0 Å². The molecule has 5 heavy (non-hydrogen) atoms. The Kier molecular flexibility index (Phi) is 2.05. The van der Waals surface area contributed by atoms with Gasteiger partial charge in [0.25, 0.3) is 0 Å². The van der Waals surface area contributed by atoms with Gasteiger partial charge in [0.05, 0.1) is 0 Å². The summed E-state index contributed by atoms with van der Waals surface area (Å²) in [5.74, 6) is 0. The second kappa shape index (κ2) is 2.11. The highest BCUT2D eigenvalue weighted by molar-refractivity contribution is 7.84. The van der Waals surface area contributed by atoms with Crippen LogP contribution in [0.25, 0.3) is 0 Å². The molecule has 0 aliphatic heterocycles. The fourth-order valence-electron chi connectivity index (χ4n) is 0. The van der Waals surface area contributed by atoms with Gasteiger partial charge in [0.1, 0.15) is 0 Å². The minimum atomic E-state index is 0.00463. The third-order valence-corrected chi connectivity index (χ3v) is 0.187. The summed E-state index contributed by atoms with van der Waals surface area (Å²) < 4.78 is 0. The summed E-state index contributed by atoms with van der Waals surface area (Å²) in [6, 6.07) is 0. The predicted octanol–water partition coefficient (Wildman–Crippen LogP) is 0.877. The topological polar surface area (TPSA) is 29.5 Å². The monoisotopic (exact) mass is 92.0 g/mol. The molecule has 0 aromatic rings.